The molecular weight excluding hydrogens is 483 g/mol. The summed E-state index contributed by atoms with van der Waals surface area (Å²) in [5, 5.41) is 12.0. The van der Waals surface area contributed by atoms with Gasteiger partial charge in [0.2, 0.25) is 5.91 Å². The second-order valence-corrected chi connectivity index (χ2v) is 7.90. The lowest BCUT2D eigenvalue weighted by Crippen LogP contribution is -2.48. The van der Waals surface area contributed by atoms with Gasteiger partial charge >= 0.3 is 6.03 Å². The van der Waals surface area contributed by atoms with Crippen LogP contribution in [-0.4, -0.2) is 55.0 Å². The summed E-state index contributed by atoms with van der Waals surface area (Å²) in [7, 11) is 1.66. The quantitative estimate of drug-likeness (QED) is 0.275. The third-order valence-corrected chi connectivity index (χ3v) is 4.19. The molecule has 2 rings (SSSR count). The Bertz CT molecular complexity index is 711. The molecule has 8 nitrogen and oxygen atoms in total. The molecule has 0 bridgehead atoms. The number of carbonyl (C=O) groups is 2. The van der Waals surface area contributed by atoms with Crippen molar-refractivity contribution in [1.29, 1.82) is 0 Å². The maximum Gasteiger partial charge on any atom is 0.321 e. The average molecular weight is 516 g/mol. The number of anilines is 1. The van der Waals surface area contributed by atoms with Gasteiger partial charge in [0.25, 0.3) is 0 Å². The number of likely N-dealkylation sites (tertiary alicyclic amines) is 1. The van der Waals surface area contributed by atoms with Crippen LogP contribution in [0, 0.1) is 0 Å². The molecule has 1 saturated heterocycles. The van der Waals surface area contributed by atoms with Crippen LogP contribution in [-0.2, 0) is 11.3 Å². The highest BCUT2D eigenvalue weighted by atomic mass is 127. The molecule has 1 aliphatic rings. The number of benzene rings is 1. The van der Waals surface area contributed by atoms with Crippen LogP contribution in [0.1, 0.15) is 39.2 Å². The van der Waals surface area contributed by atoms with Gasteiger partial charge in [-0.15, -0.1) is 24.0 Å². The molecule has 29 heavy (non-hydrogen) atoms. The van der Waals surface area contributed by atoms with Gasteiger partial charge in [-0.25, -0.2) is 4.79 Å². The Balaban J connectivity index is 0.00000420. The number of aliphatic imine (C=N–C) groups is 1. The van der Waals surface area contributed by atoms with Crippen LogP contribution in [0.15, 0.2) is 29.3 Å². The molecule has 1 aliphatic heterocycles. The summed E-state index contributed by atoms with van der Waals surface area (Å²) < 4.78 is 0. The van der Waals surface area contributed by atoms with Crippen molar-refractivity contribution in [1.82, 2.24) is 20.9 Å². The minimum atomic E-state index is -0.268. The molecule has 0 unspecified atom stereocenters. The van der Waals surface area contributed by atoms with Crippen LogP contribution in [0.4, 0.5) is 10.5 Å². The Morgan fingerprint density at radius 2 is 1.83 bits per heavy atom. The second kappa shape index (κ2) is 11.8. The highest BCUT2D eigenvalue weighted by Gasteiger charge is 2.17. The number of nitrogens with one attached hydrogen (secondary N) is 4. The number of rotatable bonds is 5. The Morgan fingerprint density at radius 3 is 2.45 bits per heavy atom. The summed E-state index contributed by atoms with van der Waals surface area (Å²) >= 11 is 0. The summed E-state index contributed by atoms with van der Waals surface area (Å²) in [6, 6.07) is 7.63. The molecular formula is C20H33IN6O2. The van der Waals surface area contributed by atoms with Gasteiger partial charge in [0.15, 0.2) is 5.96 Å². The lowest BCUT2D eigenvalue weighted by atomic mass is 10.1. The largest absolute Gasteiger partial charge is 0.352 e. The van der Waals surface area contributed by atoms with E-state index in [0.717, 1.165) is 37.2 Å². The molecule has 0 aliphatic carbocycles. The summed E-state index contributed by atoms with van der Waals surface area (Å²) in [6.07, 6.45) is 2.13. The van der Waals surface area contributed by atoms with Crippen LogP contribution < -0.4 is 21.3 Å². The molecule has 1 fully saturated rings. The lowest BCUT2D eigenvalue weighted by molar-refractivity contribution is -0.121. The van der Waals surface area contributed by atoms with Crippen molar-refractivity contribution in [2.24, 2.45) is 4.99 Å². The van der Waals surface area contributed by atoms with Gasteiger partial charge in [-0.3, -0.25) is 9.79 Å². The Labute approximate surface area is 190 Å². The summed E-state index contributed by atoms with van der Waals surface area (Å²) in [5.74, 6) is 0.442. The first-order chi connectivity index (χ1) is 13.3. The first-order valence-electron chi connectivity index (χ1n) is 9.67. The van der Waals surface area contributed by atoms with Gasteiger partial charge < -0.3 is 26.2 Å². The van der Waals surface area contributed by atoms with Crippen LogP contribution in [0.25, 0.3) is 0 Å². The van der Waals surface area contributed by atoms with E-state index in [9.17, 15) is 9.59 Å². The molecule has 1 aromatic carbocycles. The molecule has 0 aromatic heterocycles. The van der Waals surface area contributed by atoms with E-state index in [1.54, 1.807) is 7.05 Å². The molecule has 0 spiro atoms. The van der Waals surface area contributed by atoms with Crippen LogP contribution in [0.2, 0.25) is 0 Å². The van der Waals surface area contributed by atoms with E-state index in [4.69, 9.17) is 0 Å². The number of urea groups is 1. The zero-order valence-corrected chi connectivity index (χ0v) is 20.0. The molecule has 1 aromatic rings. The first-order valence-corrected chi connectivity index (χ1v) is 9.67. The summed E-state index contributed by atoms with van der Waals surface area (Å²) in [4.78, 5) is 30.1. The SMILES string of the molecule is CN=C(NCC(=O)NC(C)(C)C)NCc1cccc(NC(=O)N2CCCC2)c1.I. The van der Waals surface area contributed by atoms with Crippen LogP contribution >= 0.6 is 24.0 Å². The van der Waals surface area contributed by atoms with Gasteiger partial charge in [0.1, 0.15) is 0 Å². The maximum absolute atomic E-state index is 12.2. The van der Waals surface area contributed by atoms with E-state index in [0.29, 0.717) is 12.5 Å². The number of nitrogens with zero attached hydrogens (tertiary/aromatic N) is 2. The van der Waals surface area contributed by atoms with E-state index in [1.807, 2.05) is 49.9 Å². The fourth-order valence-electron chi connectivity index (χ4n) is 2.91. The molecule has 0 atom stereocenters. The van der Waals surface area contributed by atoms with Gasteiger partial charge in [0, 0.05) is 37.9 Å². The Kier molecular flexibility index (Phi) is 10.2. The van der Waals surface area contributed by atoms with Crippen molar-refractivity contribution in [3.8, 4) is 0 Å². The zero-order chi connectivity index (χ0) is 20.6. The van der Waals surface area contributed by atoms with Crippen molar-refractivity contribution < 1.29 is 9.59 Å². The Morgan fingerprint density at radius 1 is 1.14 bits per heavy atom. The molecule has 0 saturated carbocycles. The minimum Gasteiger partial charge on any atom is -0.352 e. The first kappa shape index (κ1) is 25.0. The van der Waals surface area contributed by atoms with Crippen LogP contribution in [0.5, 0.6) is 0 Å². The normalized spacial score (nSPS) is 14.1. The second-order valence-electron chi connectivity index (χ2n) is 7.90. The predicted molar refractivity (Wildman–Crippen MR) is 128 cm³/mol. The molecule has 162 valence electrons. The average Bonchev–Trinajstić information content (AvgIpc) is 3.15. The lowest BCUT2D eigenvalue weighted by Gasteiger charge is -2.21. The molecule has 4 N–H and O–H groups in total. The highest BCUT2D eigenvalue weighted by Crippen LogP contribution is 2.14. The Hall–Kier alpha value is -2.04. The summed E-state index contributed by atoms with van der Waals surface area (Å²) in [6.45, 7) is 8.11. The maximum atomic E-state index is 12.2. The van der Waals surface area contributed by atoms with Crippen molar-refractivity contribution in [3.05, 3.63) is 29.8 Å². The van der Waals surface area contributed by atoms with Gasteiger partial charge in [-0.2, -0.15) is 0 Å². The number of amides is 3. The number of guanidine groups is 1. The van der Waals surface area contributed by atoms with E-state index >= 15 is 0 Å². The summed E-state index contributed by atoms with van der Waals surface area (Å²) in [5.41, 5.74) is 1.50. The molecule has 0 radical (unpaired) electrons. The van der Waals surface area contributed by atoms with Crippen molar-refractivity contribution in [2.75, 3.05) is 32.0 Å². The number of halogens is 1. The van der Waals surface area contributed by atoms with E-state index in [-0.39, 0.29) is 48.0 Å². The zero-order valence-electron chi connectivity index (χ0n) is 17.7. The highest BCUT2D eigenvalue weighted by molar-refractivity contribution is 14.0. The van der Waals surface area contributed by atoms with Gasteiger partial charge in [-0.05, 0) is 51.3 Å². The smallest absolute Gasteiger partial charge is 0.321 e. The van der Waals surface area contributed by atoms with Crippen LogP contribution in [0.3, 0.4) is 0 Å². The predicted octanol–water partition coefficient (Wildman–Crippen LogP) is 2.51. The molecule has 1 heterocycles. The minimum absolute atomic E-state index is 0. The van der Waals surface area contributed by atoms with E-state index < -0.39 is 0 Å². The standard InChI is InChI=1S/C20H32N6O2.HI/c1-20(2,3)25-17(27)14-23-18(21-4)22-13-15-8-7-9-16(12-15)24-19(28)26-10-5-6-11-26;/h7-9,12H,5-6,10-11,13-14H2,1-4H3,(H,24,28)(H,25,27)(H2,21,22,23);1H. The van der Waals surface area contributed by atoms with E-state index in [2.05, 4.69) is 26.3 Å². The van der Waals surface area contributed by atoms with Crippen molar-refractivity contribution in [3.63, 3.8) is 0 Å². The van der Waals surface area contributed by atoms with Gasteiger partial charge in [0.05, 0.1) is 6.54 Å². The third-order valence-electron chi connectivity index (χ3n) is 4.19. The fourth-order valence-corrected chi connectivity index (χ4v) is 2.91. The number of hydrogen-bond acceptors (Lipinski definition) is 3. The third kappa shape index (κ3) is 9.33. The monoisotopic (exact) mass is 516 g/mol. The van der Waals surface area contributed by atoms with E-state index in [1.165, 1.54) is 0 Å². The van der Waals surface area contributed by atoms with Gasteiger partial charge in [-0.1, -0.05) is 12.1 Å². The van der Waals surface area contributed by atoms with Crippen molar-refractivity contribution >= 4 is 47.6 Å². The topological polar surface area (TPSA) is 97.9 Å². The molecule has 3 amide bonds. The molecule has 9 heteroatoms. The number of hydrogen-bond donors (Lipinski definition) is 4. The fraction of sp³-hybridized carbons (Fsp3) is 0.550. The van der Waals surface area contributed by atoms with Crippen molar-refractivity contribution in [2.45, 2.75) is 45.7 Å². The number of carbonyl (C=O) groups excluding carboxylic acids is 2.